The standard InChI is InChI=1S/C67H112O6/c1-4-7-10-13-15-17-19-21-23-25-27-29-30-31-32-33-34-35-36-38-39-41-43-45-47-49-51-54-57-60-66(69)72-63-64(62-71-65(68)59-56-53-12-9-6-3)73-67(70)61-58-55-52-50-48-46-44-42-40-37-28-26-24-22-20-18-16-14-11-8-5-2/h7,10,15,17,20-23,26-29,31-32,34-35,38-39,64H,4-6,8-9,11-14,16,18-19,24-25,30,33,36-37,40-63H2,1-3H3/b10-7-,17-15-,22-20-,23-21-,28-26-,29-27-,32-31-,35-34-,39-38-. The van der Waals surface area contributed by atoms with E-state index in [1.54, 1.807) is 0 Å². The lowest BCUT2D eigenvalue weighted by molar-refractivity contribution is -0.167. The minimum absolute atomic E-state index is 0.0843. The van der Waals surface area contributed by atoms with Crippen molar-refractivity contribution in [3.05, 3.63) is 109 Å². The Kier molecular flexibility index (Phi) is 57.4. The predicted octanol–water partition coefficient (Wildman–Crippen LogP) is 20.7. The van der Waals surface area contributed by atoms with E-state index in [-0.39, 0.29) is 31.1 Å². The molecule has 0 aromatic heterocycles. The highest BCUT2D eigenvalue weighted by Gasteiger charge is 2.19. The number of unbranched alkanes of at least 4 members (excludes halogenated alkanes) is 25. The zero-order valence-electron chi connectivity index (χ0n) is 47.6. The number of rotatable bonds is 54. The zero-order valence-corrected chi connectivity index (χ0v) is 47.6. The van der Waals surface area contributed by atoms with Crippen LogP contribution in [0.25, 0.3) is 0 Å². The van der Waals surface area contributed by atoms with Crippen molar-refractivity contribution in [1.29, 1.82) is 0 Å². The molecule has 0 N–H and O–H groups in total. The SMILES string of the molecule is CC/C=C\C/C=C\C/C=C\C/C=C\C/C=C\C/C=C\C/C=C\CCCCCCCCCC(=O)OCC(COC(=O)CCCCCCC)OC(=O)CCCCCCCCCCC/C=C\C/C=C\CCCCCCC. The first kappa shape index (κ1) is 69.1. The smallest absolute Gasteiger partial charge is 0.306 e. The van der Waals surface area contributed by atoms with E-state index in [0.717, 1.165) is 122 Å². The van der Waals surface area contributed by atoms with Crippen LogP contribution in [0.15, 0.2) is 109 Å². The van der Waals surface area contributed by atoms with Gasteiger partial charge < -0.3 is 14.2 Å². The monoisotopic (exact) mass is 1010 g/mol. The van der Waals surface area contributed by atoms with Crippen LogP contribution < -0.4 is 0 Å². The van der Waals surface area contributed by atoms with Crippen LogP contribution in [0.3, 0.4) is 0 Å². The molecule has 0 aromatic rings. The summed E-state index contributed by atoms with van der Waals surface area (Å²) >= 11 is 0. The zero-order chi connectivity index (χ0) is 52.9. The third-order valence-electron chi connectivity index (χ3n) is 12.8. The number of carbonyl (C=O) groups excluding carboxylic acids is 3. The Balaban J connectivity index is 4.12. The highest BCUT2D eigenvalue weighted by molar-refractivity contribution is 5.71. The maximum atomic E-state index is 12.8. The second kappa shape index (κ2) is 60.6. The quantitative estimate of drug-likeness (QED) is 0.0261. The van der Waals surface area contributed by atoms with Crippen LogP contribution >= 0.6 is 0 Å². The first-order valence-corrected chi connectivity index (χ1v) is 30.4. The largest absolute Gasteiger partial charge is 0.462 e. The molecule has 0 fully saturated rings. The van der Waals surface area contributed by atoms with E-state index < -0.39 is 6.10 Å². The van der Waals surface area contributed by atoms with Gasteiger partial charge in [0.15, 0.2) is 6.10 Å². The van der Waals surface area contributed by atoms with Gasteiger partial charge in [-0.1, -0.05) is 259 Å². The van der Waals surface area contributed by atoms with Gasteiger partial charge in [0.1, 0.15) is 13.2 Å². The molecule has 0 heterocycles. The number of hydrogen-bond acceptors (Lipinski definition) is 6. The van der Waals surface area contributed by atoms with Crippen LogP contribution in [0.4, 0.5) is 0 Å². The van der Waals surface area contributed by atoms with Gasteiger partial charge in [-0.3, -0.25) is 14.4 Å². The molecule has 0 saturated heterocycles. The first-order valence-electron chi connectivity index (χ1n) is 30.4. The van der Waals surface area contributed by atoms with Gasteiger partial charge in [-0.05, 0) is 109 Å². The highest BCUT2D eigenvalue weighted by Crippen LogP contribution is 2.15. The van der Waals surface area contributed by atoms with Gasteiger partial charge in [-0.2, -0.15) is 0 Å². The minimum atomic E-state index is -0.783. The molecule has 0 aliphatic heterocycles. The summed E-state index contributed by atoms with van der Waals surface area (Å²) in [6, 6.07) is 0. The summed E-state index contributed by atoms with van der Waals surface area (Å²) in [5.74, 6) is -0.912. The van der Waals surface area contributed by atoms with Crippen molar-refractivity contribution in [2.24, 2.45) is 0 Å². The maximum absolute atomic E-state index is 12.8. The molecule has 0 saturated carbocycles. The van der Waals surface area contributed by atoms with Crippen molar-refractivity contribution in [3.8, 4) is 0 Å². The van der Waals surface area contributed by atoms with Crippen molar-refractivity contribution in [2.45, 2.75) is 284 Å². The van der Waals surface area contributed by atoms with Gasteiger partial charge in [-0.25, -0.2) is 0 Å². The van der Waals surface area contributed by atoms with E-state index in [1.165, 1.54) is 116 Å². The van der Waals surface area contributed by atoms with Crippen LogP contribution in [0.2, 0.25) is 0 Å². The maximum Gasteiger partial charge on any atom is 0.306 e. The average molecular weight is 1010 g/mol. The first-order chi connectivity index (χ1) is 36.0. The van der Waals surface area contributed by atoms with Crippen LogP contribution in [0.5, 0.6) is 0 Å². The number of hydrogen-bond donors (Lipinski definition) is 0. The molecule has 6 heteroatoms. The predicted molar refractivity (Wildman–Crippen MR) is 316 cm³/mol. The summed E-state index contributed by atoms with van der Waals surface area (Å²) in [6.45, 7) is 6.43. The Morgan fingerprint density at radius 2 is 0.534 bits per heavy atom. The van der Waals surface area contributed by atoms with Crippen molar-refractivity contribution < 1.29 is 28.6 Å². The molecule has 0 aliphatic carbocycles. The van der Waals surface area contributed by atoms with E-state index in [4.69, 9.17) is 14.2 Å². The highest BCUT2D eigenvalue weighted by atomic mass is 16.6. The lowest BCUT2D eigenvalue weighted by Gasteiger charge is -2.18. The van der Waals surface area contributed by atoms with Gasteiger partial charge in [0, 0.05) is 19.3 Å². The Morgan fingerprint density at radius 1 is 0.288 bits per heavy atom. The molecule has 0 rings (SSSR count). The van der Waals surface area contributed by atoms with Gasteiger partial charge in [0.25, 0.3) is 0 Å². The molecule has 0 aliphatic rings. The van der Waals surface area contributed by atoms with Crippen LogP contribution in [-0.2, 0) is 28.6 Å². The molecule has 1 atom stereocenters. The fraction of sp³-hybridized carbons (Fsp3) is 0.687. The van der Waals surface area contributed by atoms with Crippen LogP contribution in [0, 0.1) is 0 Å². The molecule has 0 bridgehead atoms. The molecule has 0 amide bonds. The van der Waals surface area contributed by atoms with E-state index in [0.29, 0.717) is 19.3 Å². The minimum Gasteiger partial charge on any atom is -0.462 e. The number of esters is 3. The number of allylic oxidation sites excluding steroid dienone is 18. The molecule has 1 unspecified atom stereocenters. The van der Waals surface area contributed by atoms with Crippen LogP contribution in [0.1, 0.15) is 278 Å². The molecule has 0 aromatic carbocycles. The summed E-state index contributed by atoms with van der Waals surface area (Å²) in [5.41, 5.74) is 0. The van der Waals surface area contributed by atoms with Crippen LogP contribution in [-0.4, -0.2) is 37.2 Å². The lowest BCUT2D eigenvalue weighted by Crippen LogP contribution is -2.30. The average Bonchev–Trinajstić information content (AvgIpc) is 3.39. The third-order valence-corrected chi connectivity index (χ3v) is 12.8. The second-order valence-electron chi connectivity index (χ2n) is 19.9. The van der Waals surface area contributed by atoms with E-state index >= 15 is 0 Å². The Morgan fingerprint density at radius 3 is 0.836 bits per heavy atom. The van der Waals surface area contributed by atoms with Crippen molar-refractivity contribution in [3.63, 3.8) is 0 Å². The second-order valence-corrected chi connectivity index (χ2v) is 19.9. The molecule has 416 valence electrons. The van der Waals surface area contributed by atoms with Gasteiger partial charge in [0.05, 0.1) is 0 Å². The molecule has 73 heavy (non-hydrogen) atoms. The molecular formula is C67H112O6. The summed E-state index contributed by atoms with van der Waals surface area (Å²) < 4.78 is 16.7. The van der Waals surface area contributed by atoms with Crippen molar-refractivity contribution in [2.75, 3.05) is 13.2 Å². The van der Waals surface area contributed by atoms with Gasteiger partial charge in [0.2, 0.25) is 0 Å². The van der Waals surface area contributed by atoms with E-state index in [1.807, 2.05) is 0 Å². The topological polar surface area (TPSA) is 78.9 Å². The summed E-state index contributed by atoms with van der Waals surface area (Å²) in [4.78, 5) is 37.9. The van der Waals surface area contributed by atoms with Crippen molar-refractivity contribution in [1.82, 2.24) is 0 Å². The molecule has 6 nitrogen and oxygen atoms in total. The molecular weight excluding hydrogens is 901 g/mol. The molecule has 0 radical (unpaired) electrons. The summed E-state index contributed by atoms with van der Waals surface area (Å²) in [7, 11) is 0. The van der Waals surface area contributed by atoms with E-state index in [9.17, 15) is 14.4 Å². The normalized spacial score (nSPS) is 12.9. The van der Waals surface area contributed by atoms with E-state index in [2.05, 4.69) is 130 Å². The van der Waals surface area contributed by atoms with Crippen molar-refractivity contribution >= 4 is 17.9 Å². The summed E-state index contributed by atoms with van der Waals surface area (Å²) in [5, 5.41) is 0. The van der Waals surface area contributed by atoms with Gasteiger partial charge >= 0.3 is 17.9 Å². The number of ether oxygens (including phenoxy) is 3. The van der Waals surface area contributed by atoms with Gasteiger partial charge in [-0.15, -0.1) is 0 Å². The fourth-order valence-electron chi connectivity index (χ4n) is 8.22. The summed E-state index contributed by atoms with van der Waals surface area (Å²) in [6.07, 6.45) is 82.7. The molecule has 0 spiro atoms. The third kappa shape index (κ3) is 58.8. The fourth-order valence-corrected chi connectivity index (χ4v) is 8.22. The Hall–Kier alpha value is -3.93. The Labute approximate surface area is 450 Å². The number of carbonyl (C=O) groups is 3. The lowest BCUT2D eigenvalue weighted by atomic mass is 10.1. The Bertz CT molecular complexity index is 1490.